The van der Waals surface area contributed by atoms with Crippen molar-refractivity contribution in [2.45, 2.75) is 46.1 Å². The zero-order valence-corrected chi connectivity index (χ0v) is 10.7. The molecule has 0 saturated carbocycles. The van der Waals surface area contributed by atoms with Crippen LogP contribution in [-0.2, 0) is 6.42 Å². The largest absolute Gasteiger partial charge is 0.312 e. The van der Waals surface area contributed by atoms with Crippen LogP contribution in [0.25, 0.3) is 0 Å². The topological polar surface area (TPSA) is 12.0 Å². The molecule has 0 aliphatic carbocycles. The number of hydrogen-bond donors (Lipinski definition) is 1. The Kier molecular flexibility index (Phi) is 4.48. The van der Waals surface area contributed by atoms with Gasteiger partial charge in [0.25, 0.3) is 0 Å². The van der Waals surface area contributed by atoms with E-state index in [2.05, 4.69) is 32.2 Å². The van der Waals surface area contributed by atoms with Gasteiger partial charge in [-0.25, -0.2) is 4.39 Å². The van der Waals surface area contributed by atoms with E-state index in [0.29, 0.717) is 0 Å². The van der Waals surface area contributed by atoms with Crippen LogP contribution in [0.1, 0.15) is 38.3 Å². The first-order valence-corrected chi connectivity index (χ1v) is 5.88. The summed E-state index contributed by atoms with van der Waals surface area (Å²) in [5.74, 6) is -0.126. The molecule has 0 aliphatic heterocycles. The minimum Gasteiger partial charge on any atom is -0.312 e. The Morgan fingerprint density at radius 3 is 2.44 bits per heavy atom. The molecular formula is C14H22FN. The van der Waals surface area contributed by atoms with E-state index in [1.165, 1.54) is 0 Å². The Morgan fingerprint density at radius 2 is 1.88 bits per heavy atom. The highest BCUT2D eigenvalue weighted by Gasteiger charge is 2.07. The summed E-state index contributed by atoms with van der Waals surface area (Å²) < 4.78 is 13.1. The molecule has 90 valence electrons. The zero-order valence-electron chi connectivity index (χ0n) is 10.7. The fraction of sp³-hybridized carbons (Fsp3) is 0.571. The Balaban J connectivity index is 2.37. The van der Waals surface area contributed by atoms with Gasteiger partial charge in [-0.15, -0.1) is 0 Å². The summed E-state index contributed by atoms with van der Waals surface area (Å²) in [5, 5.41) is 3.43. The van der Waals surface area contributed by atoms with Gasteiger partial charge in [0.05, 0.1) is 0 Å². The maximum absolute atomic E-state index is 13.1. The van der Waals surface area contributed by atoms with Crippen molar-refractivity contribution in [3.05, 3.63) is 35.1 Å². The van der Waals surface area contributed by atoms with Crippen molar-refractivity contribution >= 4 is 0 Å². The van der Waals surface area contributed by atoms with Crippen molar-refractivity contribution in [1.29, 1.82) is 0 Å². The van der Waals surface area contributed by atoms with Gasteiger partial charge >= 0.3 is 0 Å². The van der Waals surface area contributed by atoms with Gasteiger partial charge in [-0.1, -0.05) is 6.07 Å². The summed E-state index contributed by atoms with van der Waals surface area (Å²) >= 11 is 0. The lowest BCUT2D eigenvalue weighted by Gasteiger charge is -2.20. The zero-order chi connectivity index (χ0) is 12.2. The molecule has 2 heteroatoms. The number of halogens is 1. The fourth-order valence-electron chi connectivity index (χ4n) is 1.71. The van der Waals surface area contributed by atoms with E-state index >= 15 is 0 Å². The number of rotatable bonds is 4. The van der Waals surface area contributed by atoms with Crippen molar-refractivity contribution in [2.24, 2.45) is 0 Å². The highest BCUT2D eigenvalue weighted by atomic mass is 19.1. The molecule has 1 nitrogen and oxygen atoms in total. The van der Waals surface area contributed by atoms with E-state index < -0.39 is 0 Å². The van der Waals surface area contributed by atoms with Crippen LogP contribution in [-0.4, -0.2) is 12.1 Å². The average Bonchev–Trinajstić information content (AvgIpc) is 2.09. The predicted molar refractivity (Wildman–Crippen MR) is 67.2 cm³/mol. The molecule has 1 N–H and O–H groups in total. The van der Waals surface area contributed by atoms with E-state index in [-0.39, 0.29) is 11.4 Å². The Morgan fingerprint density at radius 1 is 1.19 bits per heavy atom. The maximum Gasteiger partial charge on any atom is 0.123 e. The van der Waals surface area contributed by atoms with E-state index in [4.69, 9.17) is 0 Å². The maximum atomic E-state index is 13.1. The van der Waals surface area contributed by atoms with Crippen LogP contribution in [0.15, 0.2) is 18.2 Å². The lowest BCUT2D eigenvalue weighted by atomic mass is 10.1. The van der Waals surface area contributed by atoms with Crippen molar-refractivity contribution in [1.82, 2.24) is 5.32 Å². The molecule has 0 saturated heterocycles. The van der Waals surface area contributed by atoms with Crippen LogP contribution >= 0.6 is 0 Å². The molecule has 0 unspecified atom stereocenters. The smallest absolute Gasteiger partial charge is 0.123 e. The monoisotopic (exact) mass is 223 g/mol. The van der Waals surface area contributed by atoms with E-state index in [9.17, 15) is 4.39 Å². The van der Waals surface area contributed by atoms with Gasteiger partial charge in [-0.2, -0.15) is 0 Å². The lowest BCUT2D eigenvalue weighted by Crippen LogP contribution is -2.36. The van der Waals surface area contributed by atoms with Crippen molar-refractivity contribution in [3.63, 3.8) is 0 Å². The molecule has 0 atom stereocenters. The summed E-state index contributed by atoms with van der Waals surface area (Å²) in [6, 6.07) is 5.25. The van der Waals surface area contributed by atoms with Crippen LogP contribution < -0.4 is 5.32 Å². The third kappa shape index (κ3) is 5.26. The summed E-state index contributed by atoms with van der Waals surface area (Å²) in [5.41, 5.74) is 2.25. The molecule has 0 spiro atoms. The molecule has 0 aliphatic rings. The quantitative estimate of drug-likeness (QED) is 0.771. The molecule has 1 aromatic carbocycles. The van der Waals surface area contributed by atoms with Gasteiger partial charge in [0.1, 0.15) is 5.82 Å². The first kappa shape index (κ1) is 13.2. The molecule has 0 radical (unpaired) electrons. The van der Waals surface area contributed by atoms with Crippen LogP contribution in [0.3, 0.4) is 0 Å². The van der Waals surface area contributed by atoms with Gasteiger partial charge in [0, 0.05) is 5.54 Å². The first-order valence-electron chi connectivity index (χ1n) is 5.88. The number of nitrogens with one attached hydrogen (secondary N) is 1. The van der Waals surface area contributed by atoms with Gasteiger partial charge in [0.15, 0.2) is 0 Å². The second kappa shape index (κ2) is 5.44. The van der Waals surface area contributed by atoms with E-state index in [0.717, 1.165) is 30.5 Å². The van der Waals surface area contributed by atoms with Crippen molar-refractivity contribution < 1.29 is 4.39 Å². The van der Waals surface area contributed by atoms with Crippen LogP contribution in [0.4, 0.5) is 4.39 Å². The Hall–Kier alpha value is -0.890. The van der Waals surface area contributed by atoms with Gasteiger partial charge in [0.2, 0.25) is 0 Å². The Bertz CT molecular complexity index is 319. The van der Waals surface area contributed by atoms with Crippen LogP contribution in [0, 0.1) is 12.7 Å². The summed E-state index contributed by atoms with van der Waals surface area (Å²) in [6.45, 7) is 9.36. The highest BCUT2D eigenvalue weighted by molar-refractivity contribution is 5.23. The first-order chi connectivity index (χ1) is 7.37. The molecule has 1 aromatic rings. The second-order valence-electron chi connectivity index (χ2n) is 5.42. The summed E-state index contributed by atoms with van der Waals surface area (Å²) in [7, 11) is 0. The Labute approximate surface area is 98.1 Å². The lowest BCUT2D eigenvalue weighted by molar-refractivity contribution is 0.422. The summed E-state index contributed by atoms with van der Waals surface area (Å²) in [6.07, 6.45) is 1.97. The standard InChI is InChI=1S/C14H22FN/c1-11-8-12(10-13(15)9-11)6-5-7-16-14(2,3)4/h8-10,16H,5-7H2,1-4H3. The average molecular weight is 223 g/mol. The fourth-order valence-corrected chi connectivity index (χ4v) is 1.71. The van der Waals surface area contributed by atoms with Gasteiger partial charge in [-0.3, -0.25) is 0 Å². The molecule has 0 aromatic heterocycles. The number of benzene rings is 1. The van der Waals surface area contributed by atoms with Crippen molar-refractivity contribution in [2.75, 3.05) is 6.54 Å². The van der Waals surface area contributed by atoms with E-state index in [1.54, 1.807) is 12.1 Å². The van der Waals surface area contributed by atoms with Crippen LogP contribution in [0.2, 0.25) is 0 Å². The molecule has 0 heterocycles. The third-order valence-electron chi connectivity index (χ3n) is 2.40. The summed E-state index contributed by atoms with van der Waals surface area (Å²) in [4.78, 5) is 0. The van der Waals surface area contributed by atoms with Gasteiger partial charge < -0.3 is 5.32 Å². The van der Waals surface area contributed by atoms with E-state index in [1.807, 2.05) is 6.92 Å². The molecule has 0 fully saturated rings. The van der Waals surface area contributed by atoms with Gasteiger partial charge in [-0.05, 0) is 70.3 Å². The molecule has 0 bridgehead atoms. The number of hydrogen-bond acceptors (Lipinski definition) is 1. The molecule has 16 heavy (non-hydrogen) atoms. The SMILES string of the molecule is Cc1cc(F)cc(CCCNC(C)(C)C)c1. The molecule has 1 rings (SSSR count). The van der Waals surface area contributed by atoms with Crippen LogP contribution in [0.5, 0.6) is 0 Å². The second-order valence-corrected chi connectivity index (χ2v) is 5.42. The number of aryl methyl sites for hydroxylation is 2. The molecular weight excluding hydrogens is 201 g/mol. The minimum atomic E-state index is -0.126. The normalized spacial score (nSPS) is 11.8. The highest BCUT2D eigenvalue weighted by Crippen LogP contribution is 2.10. The third-order valence-corrected chi connectivity index (χ3v) is 2.40. The predicted octanol–water partition coefficient (Wildman–Crippen LogP) is 3.45. The van der Waals surface area contributed by atoms with Crippen molar-refractivity contribution in [3.8, 4) is 0 Å². The minimum absolute atomic E-state index is 0.126. The molecule has 0 amide bonds.